The molecule has 0 saturated heterocycles. The van der Waals surface area contributed by atoms with Gasteiger partial charge in [0.15, 0.2) is 11.5 Å². The summed E-state index contributed by atoms with van der Waals surface area (Å²) < 4.78 is 50.6. The van der Waals surface area contributed by atoms with Gasteiger partial charge in [-0.05, 0) is 73.5 Å². The highest BCUT2D eigenvalue weighted by molar-refractivity contribution is 7.89. The zero-order valence-electron chi connectivity index (χ0n) is 28.3. The molecule has 6 aromatic rings. The van der Waals surface area contributed by atoms with Crippen LogP contribution in [0.25, 0.3) is 29.3 Å². The van der Waals surface area contributed by atoms with Gasteiger partial charge in [-0.3, -0.25) is 4.79 Å². The summed E-state index contributed by atoms with van der Waals surface area (Å²) in [6.07, 6.45) is 7.65. The Labute approximate surface area is 299 Å². The number of sulfonamides is 1. The molecule has 14 heteroatoms. The van der Waals surface area contributed by atoms with Crippen molar-refractivity contribution >= 4 is 39.4 Å². The van der Waals surface area contributed by atoms with Crippen molar-refractivity contribution in [3.63, 3.8) is 0 Å². The van der Waals surface area contributed by atoms with Crippen LogP contribution < -0.4 is 18.9 Å². The van der Waals surface area contributed by atoms with Crippen LogP contribution in [-0.4, -0.2) is 47.4 Å². The Morgan fingerprint density at radius 2 is 1.80 bits per heavy atom. The topological polar surface area (TPSA) is 148 Å². The molecule has 0 aliphatic carbocycles. The van der Waals surface area contributed by atoms with Gasteiger partial charge in [-0.1, -0.05) is 37.3 Å². The number of thiazole rings is 1. The molecular formula is C37H35N5O7S2. The molecule has 0 radical (unpaired) electrons. The number of carbonyl (C=O) groups excluding carboxylic acids is 1. The van der Waals surface area contributed by atoms with E-state index in [-0.39, 0.29) is 24.7 Å². The van der Waals surface area contributed by atoms with E-state index in [4.69, 9.17) is 23.7 Å². The summed E-state index contributed by atoms with van der Waals surface area (Å²) in [6.45, 7) is 4.16. The van der Waals surface area contributed by atoms with Gasteiger partial charge < -0.3 is 18.6 Å². The van der Waals surface area contributed by atoms with E-state index >= 15 is 0 Å². The lowest BCUT2D eigenvalue weighted by atomic mass is 10.1. The van der Waals surface area contributed by atoms with Crippen LogP contribution in [0.2, 0.25) is 0 Å². The van der Waals surface area contributed by atoms with Crippen molar-refractivity contribution in [3.05, 3.63) is 123 Å². The minimum atomic E-state index is -3.71. The average molecular weight is 726 g/mol. The summed E-state index contributed by atoms with van der Waals surface area (Å²) in [4.78, 5) is 21.5. The maximum atomic E-state index is 12.3. The predicted octanol–water partition coefficient (Wildman–Crippen LogP) is 6.88. The molecule has 3 aromatic carbocycles. The third-order valence-corrected chi connectivity index (χ3v) is 9.11. The van der Waals surface area contributed by atoms with Crippen molar-refractivity contribution < 1.29 is 31.8 Å². The van der Waals surface area contributed by atoms with Crippen LogP contribution >= 0.6 is 11.3 Å². The van der Waals surface area contributed by atoms with Crippen LogP contribution in [0.15, 0.2) is 88.8 Å². The zero-order chi connectivity index (χ0) is 36.0. The molecule has 0 spiro atoms. The molecule has 51 heavy (non-hydrogen) atoms. The molecule has 1 amide bonds. The zero-order valence-corrected chi connectivity index (χ0v) is 30.0. The summed E-state index contributed by atoms with van der Waals surface area (Å²) in [5.41, 5.74) is 4.65. The Hall–Kier alpha value is -5.73. The van der Waals surface area contributed by atoms with Crippen molar-refractivity contribution in [2.45, 2.75) is 33.5 Å². The largest absolute Gasteiger partial charge is 0.493 e. The van der Waals surface area contributed by atoms with E-state index in [1.54, 1.807) is 48.3 Å². The Bertz CT molecular complexity index is 2290. The fourth-order valence-corrected chi connectivity index (χ4v) is 6.14. The highest BCUT2D eigenvalue weighted by atomic mass is 32.2. The predicted molar refractivity (Wildman–Crippen MR) is 195 cm³/mol. The van der Waals surface area contributed by atoms with Crippen LogP contribution in [-0.2, 0) is 29.7 Å². The van der Waals surface area contributed by atoms with Crippen molar-refractivity contribution in [3.8, 4) is 34.5 Å². The fourth-order valence-electron chi connectivity index (χ4n) is 4.98. The summed E-state index contributed by atoms with van der Waals surface area (Å²) in [7, 11) is -2.15. The number of oxazole rings is 1. The molecule has 12 nitrogen and oxygen atoms in total. The molecule has 3 aromatic heterocycles. The summed E-state index contributed by atoms with van der Waals surface area (Å²) in [5, 5.41) is 7.83. The Balaban J connectivity index is 1.14. The molecule has 6 rings (SSSR count). The second kappa shape index (κ2) is 15.4. The Morgan fingerprint density at radius 3 is 2.55 bits per heavy atom. The van der Waals surface area contributed by atoms with Crippen LogP contribution in [0.3, 0.4) is 0 Å². The van der Waals surface area contributed by atoms with E-state index in [0.717, 1.165) is 40.2 Å². The van der Waals surface area contributed by atoms with Gasteiger partial charge in [0.2, 0.25) is 21.8 Å². The van der Waals surface area contributed by atoms with Gasteiger partial charge in [-0.25, -0.2) is 27.8 Å². The molecule has 3 heterocycles. The van der Waals surface area contributed by atoms with Crippen LogP contribution in [0.1, 0.15) is 50.6 Å². The highest BCUT2D eigenvalue weighted by Crippen LogP contribution is 2.31. The lowest BCUT2D eigenvalue weighted by Crippen LogP contribution is -2.29. The Kier molecular flexibility index (Phi) is 10.6. The number of para-hydroxylation sites is 1. The number of rotatable bonds is 14. The van der Waals surface area contributed by atoms with Gasteiger partial charge in [-0.15, -0.1) is 16.4 Å². The molecule has 0 bridgehead atoms. The normalized spacial score (nSPS) is 11.5. The average Bonchev–Trinajstić information content (AvgIpc) is 3.87. The van der Waals surface area contributed by atoms with Gasteiger partial charge in [-0.2, -0.15) is 0 Å². The first-order chi connectivity index (χ1) is 24.6. The first-order valence-corrected chi connectivity index (χ1v) is 18.6. The number of amides is 1. The van der Waals surface area contributed by atoms with Gasteiger partial charge in [0, 0.05) is 22.7 Å². The number of aromatic nitrogens is 4. The van der Waals surface area contributed by atoms with Crippen molar-refractivity contribution in [1.82, 2.24) is 24.5 Å². The summed E-state index contributed by atoms with van der Waals surface area (Å²) in [6, 6.07) is 21.7. The number of nitrogens with one attached hydrogen (secondary N) is 1. The maximum absolute atomic E-state index is 12.3. The standard InChI is InChI=1S/C37H35N5O7S2/c1-5-34-38-29(23-50-34)16-15-28-20-42(30-12-7-6-8-13-30)40-37(28)48-21-25-14-17-32(33(18-25)46-3)47-22-31-24(2)49-36(39-31)27-11-9-10-26(19-27)35(43)41-51(4,44)45/h6-20,23H,5,21-22H2,1-4H3,(H,41,43). The van der Waals surface area contributed by atoms with E-state index in [1.165, 1.54) is 12.1 Å². The number of ether oxygens (including phenoxy) is 3. The summed E-state index contributed by atoms with van der Waals surface area (Å²) in [5.74, 6) is 1.52. The van der Waals surface area contributed by atoms with Crippen LogP contribution in [0.5, 0.6) is 17.4 Å². The van der Waals surface area contributed by atoms with Gasteiger partial charge >= 0.3 is 0 Å². The molecule has 0 aliphatic rings. The second-order valence-corrected chi connectivity index (χ2v) is 14.1. The third kappa shape index (κ3) is 8.90. The van der Waals surface area contributed by atoms with E-state index in [0.29, 0.717) is 34.4 Å². The monoisotopic (exact) mass is 725 g/mol. The van der Waals surface area contributed by atoms with E-state index in [1.807, 2.05) is 70.9 Å². The van der Waals surface area contributed by atoms with Crippen molar-refractivity contribution in [2.75, 3.05) is 13.4 Å². The molecule has 262 valence electrons. The minimum Gasteiger partial charge on any atom is -0.493 e. The van der Waals surface area contributed by atoms with E-state index in [9.17, 15) is 13.2 Å². The molecular weight excluding hydrogens is 691 g/mol. The molecule has 0 fully saturated rings. The van der Waals surface area contributed by atoms with Gasteiger partial charge in [0.25, 0.3) is 5.91 Å². The number of benzene rings is 3. The lowest BCUT2D eigenvalue weighted by Gasteiger charge is -2.12. The molecule has 0 unspecified atom stereocenters. The number of hydrogen-bond acceptors (Lipinski definition) is 11. The van der Waals surface area contributed by atoms with Crippen LogP contribution in [0.4, 0.5) is 0 Å². The third-order valence-electron chi connectivity index (χ3n) is 7.54. The number of carbonyl (C=O) groups is 1. The quantitative estimate of drug-likeness (QED) is 0.126. The minimum absolute atomic E-state index is 0.0845. The highest BCUT2D eigenvalue weighted by Gasteiger charge is 2.17. The Morgan fingerprint density at radius 1 is 0.980 bits per heavy atom. The number of aryl methyl sites for hydroxylation is 2. The van der Waals surface area contributed by atoms with E-state index in [2.05, 4.69) is 16.9 Å². The van der Waals surface area contributed by atoms with E-state index < -0.39 is 15.9 Å². The van der Waals surface area contributed by atoms with Crippen LogP contribution in [0, 0.1) is 6.92 Å². The number of nitrogens with zero attached hydrogens (tertiary/aromatic N) is 4. The maximum Gasteiger partial charge on any atom is 0.264 e. The first kappa shape index (κ1) is 35.1. The lowest BCUT2D eigenvalue weighted by molar-refractivity contribution is 0.0981. The molecule has 0 atom stereocenters. The number of hydrogen-bond donors (Lipinski definition) is 1. The summed E-state index contributed by atoms with van der Waals surface area (Å²) >= 11 is 1.64. The second-order valence-electron chi connectivity index (χ2n) is 11.4. The van der Waals surface area contributed by atoms with Crippen molar-refractivity contribution in [1.29, 1.82) is 0 Å². The molecule has 0 saturated carbocycles. The van der Waals surface area contributed by atoms with Gasteiger partial charge in [0.1, 0.15) is 24.7 Å². The molecule has 1 N–H and O–H groups in total. The van der Waals surface area contributed by atoms with Crippen molar-refractivity contribution in [2.24, 2.45) is 0 Å². The first-order valence-electron chi connectivity index (χ1n) is 15.9. The smallest absolute Gasteiger partial charge is 0.264 e. The molecule has 0 aliphatic heterocycles. The fraction of sp³-hybridized carbons (Fsp3) is 0.189. The van der Waals surface area contributed by atoms with Gasteiger partial charge in [0.05, 0.1) is 35.3 Å². The SMILES string of the molecule is CCc1nc(C=Cc2cn(-c3ccccc3)nc2OCc2ccc(OCc3nc(-c4cccc(C(=O)NS(C)(=O)=O)c4)oc3C)c(OC)c2)cs1. The number of methoxy groups -OCH3 is 1.